The third kappa shape index (κ3) is 9.40. The quantitative estimate of drug-likeness (QED) is 0.292. The number of halogens is 1. The normalized spacial score (nSPS) is 12.7. The number of amides is 1. The highest BCUT2D eigenvalue weighted by Crippen LogP contribution is 2.22. The van der Waals surface area contributed by atoms with E-state index in [9.17, 15) is 4.79 Å². The number of carbonyl (C=O) groups is 1. The molecule has 0 aliphatic carbocycles. The molecule has 0 saturated heterocycles. The first-order chi connectivity index (χ1) is 11.9. The van der Waals surface area contributed by atoms with Gasteiger partial charge in [0.15, 0.2) is 5.96 Å². The van der Waals surface area contributed by atoms with E-state index in [4.69, 9.17) is 4.99 Å². The van der Waals surface area contributed by atoms with Gasteiger partial charge in [-0.25, -0.2) is 0 Å². The molecular weight excluding hydrogens is 439 g/mol. The molecule has 1 atom stereocenters. The van der Waals surface area contributed by atoms with E-state index in [2.05, 4.69) is 61.0 Å². The Morgan fingerprint density at radius 3 is 2.38 bits per heavy atom. The highest BCUT2D eigenvalue weighted by molar-refractivity contribution is 14.0. The van der Waals surface area contributed by atoms with E-state index in [1.165, 1.54) is 5.56 Å². The van der Waals surface area contributed by atoms with Gasteiger partial charge in [-0.2, -0.15) is 0 Å². The monoisotopic (exact) mass is 474 g/mol. The van der Waals surface area contributed by atoms with Crippen molar-refractivity contribution in [2.45, 2.75) is 58.9 Å². The van der Waals surface area contributed by atoms with Crippen LogP contribution in [0.2, 0.25) is 0 Å². The van der Waals surface area contributed by atoms with E-state index < -0.39 is 0 Å². The van der Waals surface area contributed by atoms with Gasteiger partial charge in [0.2, 0.25) is 5.91 Å². The molecule has 0 heterocycles. The van der Waals surface area contributed by atoms with Crippen molar-refractivity contribution in [3.05, 3.63) is 35.9 Å². The molecule has 0 saturated carbocycles. The number of hydrogen-bond donors (Lipinski definition) is 3. The van der Waals surface area contributed by atoms with Crippen LogP contribution in [0.25, 0.3) is 0 Å². The molecule has 1 unspecified atom stereocenters. The minimum atomic E-state index is -0.0441. The van der Waals surface area contributed by atoms with Crippen LogP contribution < -0.4 is 16.0 Å². The summed E-state index contributed by atoms with van der Waals surface area (Å²) in [5.74, 6) is 0.824. The van der Waals surface area contributed by atoms with E-state index >= 15 is 0 Å². The van der Waals surface area contributed by atoms with E-state index in [-0.39, 0.29) is 41.3 Å². The van der Waals surface area contributed by atoms with Gasteiger partial charge >= 0.3 is 0 Å². The molecule has 0 bridgehead atoms. The Balaban J connectivity index is 0.00000625. The molecule has 26 heavy (non-hydrogen) atoms. The molecule has 0 aliphatic heterocycles. The number of guanidine groups is 1. The summed E-state index contributed by atoms with van der Waals surface area (Å²) in [5, 5.41) is 9.46. The van der Waals surface area contributed by atoms with Crippen molar-refractivity contribution in [3.8, 4) is 0 Å². The van der Waals surface area contributed by atoms with Crippen LogP contribution in [0.5, 0.6) is 0 Å². The van der Waals surface area contributed by atoms with Crippen molar-refractivity contribution in [2.75, 3.05) is 19.6 Å². The first-order valence-electron chi connectivity index (χ1n) is 9.26. The first-order valence-corrected chi connectivity index (χ1v) is 9.26. The zero-order chi connectivity index (χ0) is 18.7. The van der Waals surface area contributed by atoms with Crippen molar-refractivity contribution < 1.29 is 4.79 Å². The van der Waals surface area contributed by atoms with E-state index in [1.807, 2.05) is 19.9 Å². The van der Waals surface area contributed by atoms with Crippen LogP contribution in [0.3, 0.4) is 0 Å². The standard InChI is InChI=1S/C20H34N4O.HI/c1-6-16(3)24-18(25)13-14-22-19(21-7-2)23-15-20(4,5)17-11-9-8-10-12-17;/h8-12,16H,6-7,13-15H2,1-5H3,(H,24,25)(H2,21,22,23);1H. The topological polar surface area (TPSA) is 65.5 Å². The van der Waals surface area contributed by atoms with Crippen LogP contribution in [-0.2, 0) is 10.2 Å². The molecule has 1 aromatic rings. The molecule has 5 nitrogen and oxygen atoms in total. The summed E-state index contributed by atoms with van der Waals surface area (Å²) in [7, 11) is 0. The van der Waals surface area contributed by atoms with E-state index in [0.29, 0.717) is 19.5 Å². The first kappa shape index (κ1) is 24.7. The lowest BCUT2D eigenvalue weighted by Gasteiger charge is -2.24. The van der Waals surface area contributed by atoms with Gasteiger partial charge in [-0.15, -0.1) is 24.0 Å². The van der Waals surface area contributed by atoms with Crippen molar-refractivity contribution in [1.29, 1.82) is 0 Å². The lowest BCUT2D eigenvalue weighted by Crippen LogP contribution is -2.41. The van der Waals surface area contributed by atoms with Gasteiger partial charge in [-0.1, -0.05) is 51.1 Å². The van der Waals surface area contributed by atoms with Crippen LogP contribution >= 0.6 is 24.0 Å². The van der Waals surface area contributed by atoms with Crippen LogP contribution in [0, 0.1) is 0 Å². The molecule has 0 fully saturated rings. The number of nitrogens with one attached hydrogen (secondary N) is 3. The largest absolute Gasteiger partial charge is 0.357 e. The van der Waals surface area contributed by atoms with Gasteiger partial charge in [0.25, 0.3) is 0 Å². The van der Waals surface area contributed by atoms with Gasteiger partial charge in [0, 0.05) is 31.0 Å². The smallest absolute Gasteiger partial charge is 0.221 e. The summed E-state index contributed by atoms with van der Waals surface area (Å²) in [5.41, 5.74) is 1.22. The van der Waals surface area contributed by atoms with Crippen LogP contribution in [-0.4, -0.2) is 37.5 Å². The number of rotatable bonds is 9. The highest BCUT2D eigenvalue weighted by Gasteiger charge is 2.20. The highest BCUT2D eigenvalue weighted by atomic mass is 127. The number of aliphatic imine (C=N–C) groups is 1. The molecule has 1 aromatic carbocycles. The van der Waals surface area contributed by atoms with Crippen LogP contribution in [0.15, 0.2) is 35.3 Å². The SMILES string of the molecule is CCNC(=NCC(C)(C)c1ccccc1)NCCC(=O)NC(C)CC.I. The van der Waals surface area contributed by atoms with Gasteiger partial charge in [-0.3, -0.25) is 9.79 Å². The fourth-order valence-corrected chi connectivity index (χ4v) is 2.34. The lowest BCUT2D eigenvalue weighted by molar-refractivity contribution is -0.121. The molecular formula is C20H35IN4O. The number of hydrogen-bond acceptors (Lipinski definition) is 2. The summed E-state index contributed by atoms with van der Waals surface area (Å²) < 4.78 is 0. The average Bonchev–Trinajstić information content (AvgIpc) is 2.60. The second-order valence-electron chi connectivity index (χ2n) is 7.00. The Hall–Kier alpha value is -1.31. The number of benzene rings is 1. The van der Waals surface area contributed by atoms with Crippen molar-refractivity contribution in [1.82, 2.24) is 16.0 Å². The van der Waals surface area contributed by atoms with E-state index in [0.717, 1.165) is 18.9 Å². The second kappa shape index (κ2) is 12.9. The zero-order valence-corrected chi connectivity index (χ0v) is 19.1. The predicted octanol–water partition coefficient (Wildman–Crippen LogP) is 3.44. The summed E-state index contributed by atoms with van der Waals surface area (Å²) >= 11 is 0. The Kier molecular flexibility index (Phi) is 12.3. The molecule has 0 spiro atoms. The maximum Gasteiger partial charge on any atom is 0.221 e. The molecule has 0 aliphatic rings. The summed E-state index contributed by atoms with van der Waals surface area (Å²) in [6.45, 7) is 12.5. The maximum atomic E-state index is 11.8. The average molecular weight is 474 g/mol. The Morgan fingerprint density at radius 1 is 1.15 bits per heavy atom. The summed E-state index contributed by atoms with van der Waals surface area (Å²) in [6, 6.07) is 10.6. The molecule has 148 valence electrons. The number of nitrogens with zero attached hydrogens (tertiary/aromatic N) is 1. The lowest BCUT2D eigenvalue weighted by atomic mass is 9.85. The minimum absolute atomic E-state index is 0. The fraction of sp³-hybridized carbons (Fsp3) is 0.600. The predicted molar refractivity (Wildman–Crippen MR) is 121 cm³/mol. The van der Waals surface area contributed by atoms with Crippen molar-refractivity contribution >= 4 is 35.8 Å². The van der Waals surface area contributed by atoms with Gasteiger partial charge in [0.05, 0.1) is 6.54 Å². The van der Waals surface area contributed by atoms with E-state index in [1.54, 1.807) is 0 Å². The van der Waals surface area contributed by atoms with Crippen LogP contribution in [0.1, 0.15) is 53.0 Å². The summed E-state index contributed by atoms with van der Waals surface area (Å²) in [6.07, 6.45) is 1.38. The molecule has 0 aromatic heterocycles. The molecule has 0 radical (unpaired) electrons. The molecule has 1 rings (SSSR count). The third-order valence-corrected chi connectivity index (χ3v) is 4.20. The molecule has 3 N–H and O–H groups in total. The fourth-order valence-electron chi connectivity index (χ4n) is 2.34. The second-order valence-corrected chi connectivity index (χ2v) is 7.00. The van der Waals surface area contributed by atoms with Gasteiger partial charge in [-0.05, 0) is 25.8 Å². The maximum absolute atomic E-state index is 11.8. The Bertz CT molecular complexity index is 546. The third-order valence-electron chi connectivity index (χ3n) is 4.20. The van der Waals surface area contributed by atoms with Crippen molar-refractivity contribution in [3.63, 3.8) is 0 Å². The number of carbonyl (C=O) groups excluding carboxylic acids is 1. The Morgan fingerprint density at radius 2 is 1.81 bits per heavy atom. The molecule has 1 amide bonds. The summed E-state index contributed by atoms with van der Waals surface area (Å²) in [4.78, 5) is 16.5. The van der Waals surface area contributed by atoms with Crippen molar-refractivity contribution in [2.24, 2.45) is 4.99 Å². The molecule has 6 heteroatoms. The Labute approximate surface area is 175 Å². The zero-order valence-electron chi connectivity index (χ0n) is 16.8. The minimum Gasteiger partial charge on any atom is -0.357 e. The van der Waals surface area contributed by atoms with Gasteiger partial charge < -0.3 is 16.0 Å². The van der Waals surface area contributed by atoms with Gasteiger partial charge in [0.1, 0.15) is 0 Å². The van der Waals surface area contributed by atoms with Crippen LogP contribution in [0.4, 0.5) is 0 Å².